The standard InChI is InChI=1S/C28H32F2N2O2/c1-4-19(2)10-13-34-20(3)15-32-26(33)23-14-22-6-5-7-24(25(22)31-16-23)21-8-11-27(12-9-21)17-28(29,30)18-27/h5-8,10,13-14,16,19H,3-4,9,11-12,15,17-18H2,1-2H3,(H,32,33)/b13-10-. The smallest absolute Gasteiger partial charge is 0.253 e. The van der Waals surface area contributed by atoms with Gasteiger partial charge >= 0.3 is 0 Å². The van der Waals surface area contributed by atoms with Crippen molar-refractivity contribution in [2.75, 3.05) is 6.54 Å². The molecule has 2 aliphatic carbocycles. The summed E-state index contributed by atoms with van der Waals surface area (Å²) < 4.78 is 32.3. The highest BCUT2D eigenvalue weighted by Crippen LogP contribution is 2.59. The van der Waals surface area contributed by atoms with Crippen molar-refractivity contribution >= 4 is 22.4 Å². The number of hydrogen-bond acceptors (Lipinski definition) is 3. The van der Waals surface area contributed by atoms with Crippen molar-refractivity contribution in [1.29, 1.82) is 0 Å². The van der Waals surface area contributed by atoms with E-state index in [2.05, 4.69) is 36.8 Å². The van der Waals surface area contributed by atoms with Crippen LogP contribution in [0.3, 0.4) is 0 Å². The quantitative estimate of drug-likeness (QED) is 0.425. The molecule has 1 unspecified atom stereocenters. The van der Waals surface area contributed by atoms with Crippen molar-refractivity contribution < 1.29 is 18.3 Å². The van der Waals surface area contributed by atoms with Crippen LogP contribution in [0.1, 0.15) is 68.3 Å². The van der Waals surface area contributed by atoms with Crippen molar-refractivity contribution in [3.63, 3.8) is 0 Å². The number of carbonyl (C=O) groups excluding carboxylic acids is 1. The number of pyridine rings is 1. The normalized spacial score (nSPS) is 19.5. The Labute approximate surface area is 199 Å². The molecule has 6 heteroatoms. The highest BCUT2D eigenvalue weighted by molar-refractivity contribution is 5.99. The monoisotopic (exact) mass is 466 g/mol. The molecule has 2 aromatic rings. The molecule has 0 radical (unpaired) electrons. The summed E-state index contributed by atoms with van der Waals surface area (Å²) in [6, 6.07) is 7.72. The Kier molecular flexibility index (Phi) is 6.87. The van der Waals surface area contributed by atoms with E-state index in [9.17, 15) is 13.6 Å². The Morgan fingerprint density at radius 2 is 2.15 bits per heavy atom. The number of hydrogen-bond donors (Lipinski definition) is 1. The summed E-state index contributed by atoms with van der Waals surface area (Å²) in [5.41, 5.74) is 3.22. The number of rotatable bonds is 8. The zero-order valence-electron chi connectivity index (χ0n) is 19.9. The van der Waals surface area contributed by atoms with Crippen LogP contribution in [0.4, 0.5) is 8.78 Å². The molecular weight excluding hydrogens is 434 g/mol. The molecule has 0 bridgehead atoms. The molecule has 1 N–H and O–H groups in total. The number of nitrogens with one attached hydrogen (secondary N) is 1. The topological polar surface area (TPSA) is 51.2 Å². The summed E-state index contributed by atoms with van der Waals surface area (Å²) in [4.78, 5) is 17.2. The fraction of sp³-hybridized carbons (Fsp3) is 0.429. The molecule has 2 aliphatic rings. The number of alkyl halides is 2. The first kappa shape index (κ1) is 24.1. The Bertz CT molecular complexity index is 1140. The Hall–Kier alpha value is -3.02. The van der Waals surface area contributed by atoms with E-state index in [1.807, 2.05) is 30.3 Å². The maximum atomic E-state index is 13.4. The molecule has 1 aromatic heterocycles. The lowest BCUT2D eigenvalue weighted by atomic mass is 9.59. The molecule has 4 rings (SSSR count). The number of aromatic nitrogens is 1. The average molecular weight is 467 g/mol. The van der Waals surface area contributed by atoms with E-state index in [1.54, 1.807) is 12.5 Å². The Balaban J connectivity index is 1.41. The second-order valence-electron chi connectivity index (χ2n) is 9.80. The number of allylic oxidation sites excluding steroid dienone is 3. The minimum absolute atomic E-state index is 0.00164. The van der Waals surface area contributed by atoms with Crippen molar-refractivity contribution in [2.45, 2.75) is 58.3 Å². The van der Waals surface area contributed by atoms with E-state index >= 15 is 0 Å². The van der Waals surface area contributed by atoms with Crippen LogP contribution < -0.4 is 5.32 Å². The molecule has 4 nitrogen and oxygen atoms in total. The number of para-hydroxylation sites is 1. The molecule has 180 valence electrons. The average Bonchev–Trinajstić information content (AvgIpc) is 2.81. The van der Waals surface area contributed by atoms with E-state index < -0.39 is 5.92 Å². The van der Waals surface area contributed by atoms with Gasteiger partial charge in [0.15, 0.2) is 0 Å². The lowest BCUT2D eigenvalue weighted by Gasteiger charge is -2.49. The third-order valence-electron chi connectivity index (χ3n) is 7.02. The van der Waals surface area contributed by atoms with Gasteiger partial charge in [-0.2, -0.15) is 0 Å². The van der Waals surface area contributed by atoms with Crippen LogP contribution in [0.15, 0.2) is 61.2 Å². The summed E-state index contributed by atoms with van der Waals surface area (Å²) in [5, 5.41) is 3.68. The van der Waals surface area contributed by atoms with Gasteiger partial charge in [0.05, 0.1) is 23.9 Å². The second kappa shape index (κ2) is 9.69. The highest BCUT2D eigenvalue weighted by Gasteiger charge is 2.55. The number of carbonyl (C=O) groups is 1. The Morgan fingerprint density at radius 3 is 2.82 bits per heavy atom. The van der Waals surface area contributed by atoms with Gasteiger partial charge < -0.3 is 10.1 Å². The summed E-state index contributed by atoms with van der Waals surface area (Å²) in [7, 11) is 0. The zero-order chi connectivity index (χ0) is 24.3. The van der Waals surface area contributed by atoms with Crippen LogP contribution in [-0.4, -0.2) is 23.4 Å². The third-order valence-corrected chi connectivity index (χ3v) is 7.02. The molecule has 1 saturated carbocycles. The molecule has 1 fully saturated rings. The van der Waals surface area contributed by atoms with E-state index in [4.69, 9.17) is 4.74 Å². The Morgan fingerprint density at radius 1 is 1.35 bits per heavy atom. The van der Waals surface area contributed by atoms with Crippen molar-refractivity contribution in [3.8, 4) is 0 Å². The van der Waals surface area contributed by atoms with Gasteiger partial charge in [0, 0.05) is 30.0 Å². The number of fused-ring (bicyclic) bond motifs is 1. The van der Waals surface area contributed by atoms with E-state index in [0.717, 1.165) is 41.3 Å². The minimum Gasteiger partial charge on any atom is -0.468 e. The summed E-state index contributed by atoms with van der Waals surface area (Å²) >= 11 is 0. The van der Waals surface area contributed by atoms with Gasteiger partial charge in [-0.15, -0.1) is 0 Å². The summed E-state index contributed by atoms with van der Waals surface area (Å²) in [5.74, 6) is -1.87. The molecule has 1 spiro atoms. The number of nitrogens with zero attached hydrogens (tertiary/aromatic N) is 1. The maximum Gasteiger partial charge on any atom is 0.253 e. The van der Waals surface area contributed by atoms with Gasteiger partial charge in [0.2, 0.25) is 5.92 Å². The molecular formula is C28H32F2N2O2. The van der Waals surface area contributed by atoms with Gasteiger partial charge in [-0.05, 0) is 54.7 Å². The second-order valence-corrected chi connectivity index (χ2v) is 9.80. The number of halogens is 2. The van der Waals surface area contributed by atoms with E-state index in [1.165, 1.54) is 0 Å². The SMILES string of the molecule is C=C(CNC(=O)c1cnc2c(C3=CCC4(CC3)CC(F)(F)C4)cccc2c1)O/C=C\C(C)CC. The molecule has 1 atom stereocenters. The predicted molar refractivity (Wildman–Crippen MR) is 131 cm³/mol. The lowest BCUT2D eigenvalue weighted by molar-refractivity contribution is -0.163. The predicted octanol–water partition coefficient (Wildman–Crippen LogP) is 7.04. The number of amides is 1. The van der Waals surface area contributed by atoms with Crippen LogP contribution >= 0.6 is 0 Å². The molecule has 34 heavy (non-hydrogen) atoms. The number of ether oxygens (including phenoxy) is 1. The maximum absolute atomic E-state index is 13.4. The first-order valence-electron chi connectivity index (χ1n) is 12.0. The molecule has 1 heterocycles. The van der Waals surface area contributed by atoms with Gasteiger partial charge in [0.1, 0.15) is 5.76 Å². The van der Waals surface area contributed by atoms with Crippen LogP contribution in [0, 0.1) is 11.3 Å². The fourth-order valence-corrected chi connectivity index (χ4v) is 4.83. The van der Waals surface area contributed by atoms with Gasteiger partial charge in [-0.25, -0.2) is 8.78 Å². The van der Waals surface area contributed by atoms with Gasteiger partial charge in [-0.1, -0.05) is 44.7 Å². The van der Waals surface area contributed by atoms with Crippen molar-refractivity contribution in [2.24, 2.45) is 11.3 Å². The van der Waals surface area contributed by atoms with Crippen LogP contribution in [0.2, 0.25) is 0 Å². The molecule has 1 amide bonds. The van der Waals surface area contributed by atoms with E-state index in [0.29, 0.717) is 23.7 Å². The van der Waals surface area contributed by atoms with Crippen molar-refractivity contribution in [1.82, 2.24) is 10.3 Å². The lowest BCUT2D eigenvalue weighted by Crippen LogP contribution is -2.46. The van der Waals surface area contributed by atoms with Crippen LogP contribution in [-0.2, 0) is 4.74 Å². The minimum atomic E-state index is -2.49. The summed E-state index contributed by atoms with van der Waals surface area (Å²) in [6.07, 6.45) is 10.5. The number of benzene rings is 1. The van der Waals surface area contributed by atoms with Crippen LogP contribution in [0.25, 0.3) is 16.5 Å². The van der Waals surface area contributed by atoms with E-state index in [-0.39, 0.29) is 30.7 Å². The fourth-order valence-electron chi connectivity index (χ4n) is 4.83. The largest absolute Gasteiger partial charge is 0.468 e. The molecule has 1 aromatic carbocycles. The van der Waals surface area contributed by atoms with Crippen molar-refractivity contribution in [3.05, 3.63) is 72.3 Å². The third kappa shape index (κ3) is 5.37. The van der Waals surface area contributed by atoms with Crippen LogP contribution in [0.5, 0.6) is 0 Å². The van der Waals surface area contributed by atoms with Gasteiger partial charge in [-0.3, -0.25) is 9.78 Å². The summed E-state index contributed by atoms with van der Waals surface area (Å²) in [6.45, 7) is 8.24. The first-order chi connectivity index (χ1) is 16.2. The van der Waals surface area contributed by atoms with Gasteiger partial charge in [0.25, 0.3) is 5.91 Å². The molecule has 0 saturated heterocycles. The first-order valence-corrected chi connectivity index (χ1v) is 12.0. The zero-order valence-corrected chi connectivity index (χ0v) is 19.9. The highest BCUT2D eigenvalue weighted by atomic mass is 19.3. The molecule has 0 aliphatic heterocycles.